The third-order valence-electron chi connectivity index (χ3n) is 4.44. The Morgan fingerprint density at radius 2 is 1.60 bits per heavy atom. The zero-order valence-corrected chi connectivity index (χ0v) is 15.4. The van der Waals surface area contributed by atoms with Gasteiger partial charge in [0.05, 0.1) is 4.75 Å². The number of carbonyl (C=O) groups is 1. The maximum absolute atomic E-state index is 13.6. The Hall–Kier alpha value is -1.54. The second-order valence-electron chi connectivity index (χ2n) is 7.37. The quantitative estimate of drug-likeness (QED) is 0.850. The standard InChI is InChI=1S/C17H24F2N2O3S/c1-17(2,3)25(23,24)21-12-9-7-11(8-10-12)16(22)20-15-13(18)5-4-6-14(15)19/h4-6,11-12,21H,7-10H2,1-3H3,(H,20,22). The summed E-state index contributed by atoms with van der Waals surface area (Å²) >= 11 is 0. The smallest absolute Gasteiger partial charge is 0.227 e. The summed E-state index contributed by atoms with van der Waals surface area (Å²) in [5.74, 6) is -2.48. The first-order chi connectivity index (χ1) is 11.5. The van der Waals surface area contributed by atoms with Gasteiger partial charge in [0.1, 0.15) is 17.3 Å². The lowest BCUT2D eigenvalue weighted by Gasteiger charge is -2.30. The van der Waals surface area contributed by atoms with Gasteiger partial charge in [0.15, 0.2) is 0 Å². The van der Waals surface area contributed by atoms with E-state index < -0.39 is 43.9 Å². The number of benzene rings is 1. The maximum atomic E-state index is 13.6. The Morgan fingerprint density at radius 3 is 2.08 bits per heavy atom. The minimum Gasteiger partial charge on any atom is -0.321 e. The fourth-order valence-electron chi connectivity index (χ4n) is 2.71. The monoisotopic (exact) mass is 374 g/mol. The molecule has 0 radical (unpaired) electrons. The molecule has 1 aromatic carbocycles. The van der Waals surface area contributed by atoms with Crippen molar-refractivity contribution < 1.29 is 22.0 Å². The lowest BCUT2D eigenvalue weighted by Crippen LogP contribution is -2.46. The number of halogens is 2. The van der Waals surface area contributed by atoms with Crippen molar-refractivity contribution in [3.8, 4) is 0 Å². The summed E-state index contributed by atoms with van der Waals surface area (Å²) < 4.78 is 53.4. The number of carbonyl (C=O) groups excluding carboxylic acids is 1. The highest BCUT2D eigenvalue weighted by Gasteiger charge is 2.34. The van der Waals surface area contributed by atoms with Crippen molar-refractivity contribution >= 4 is 21.6 Å². The van der Waals surface area contributed by atoms with E-state index in [1.165, 1.54) is 6.07 Å². The lowest BCUT2D eigenvalue weighted by molar-refractivity contribution is -0.120. The van der Waals surface area contributed by atoms with Gasteiger partial charge in [-0.3, -0.25) is 4.79 Å². The van der Waals surface area contributed by atoms with Crippen LogP contribution in [0.15, 0.2) is 18.2 Å². The van der Waals surface area contributed by atoms with Gasteiger partial charge in [0.25, 0.3) is 0 Å². The van der Waals surface area contributed by atoms with Crippen LogP contribution in [0.25, 0.3) is 0 Å². The van der Waals surface area contributed by atoms with Crippen molar-refractivity contribution in [1.29, 1.82) is 0 Å². The number of sulfonamides is 1. The normalized spacial score (nSPS) is 21.8. The van der Waals surface area contributed by atoms with Crippen molar-refractivity contribution in [3.63, 3.8) is 0 Å². The molecule has 140 valence electrons. The molecule has 1 aliphatic carbocycles. The van der Waals surface area contributed by atoms with Crippen LogP contribution in [0.5, 0.6) is 0 Å². The largest absolute Gasteiger partial charge is 0.321 e. The maximum Gasteiger partial charge on any atom is 0.227 e. The van der Waals surface area contributed by atoms with Gasteiger partial charge < -0.3 is 5.32 Å². The zero-order chi connectivity index (χ0) is 18.8. The van der Waals surface area contributed by atoms with Crippen molar-refractivity contribution in [2.24, 2.45) is 5.92 Å². The molecule has 0 saturated heterocycles. The number of hydrogen-bond acceptors (Lipinski definition) is 3. The second kappa shape index (κ2) is 7.37. The van der Waals surface area contributed by atoms with Crippen LogP contribution in [0.4, 0.5) is 14.5 Å². The molecule has 0 spiro atoms. The van der Waals surface area contributed by atoms with Crippen LogP contribution in [-0.4, -0.2) is 25.1 Å². The van der Waals surface area contributed by atoms with E-state index in [9.17, 15) is 22.0 Å². The zero-order valence-electron chi connectivity index (χ0n) is 14.6. The van der Waals surface area contributed by atoms with Gasteiger partial charge in [-0.25, -0.2) is 21.9 Å². The predicted molar refractivity (Wildman–Crippen MR) is 92.5 cm³/mol. The van der Waals surface area contributed by atoms with E-state index >= 15 is 0 Å². The van der Waals surface area contributed by atoms with Crippen LogP contribution in [0.2, 0.25) is 0 Å². The molecule has 0 aromatic heterocycles. The average molecular weight is 374 g/mol. The van der Waals surface area contributed by atoms with Crippen molar-refractivity contribution in [3.05, 3.63) is 29.8 Å². The molecule has 1 amide bonds. The van der Waals surface area contributed by atoms with Gasteiger partial charge in [-0.15, -0.1) is 0 Å². The highest BCUT2D eigenvalue weighted by molar-refractivity contribution is 7.90. The van der Waals surface area contributed by atoms with Crippen LogP contribution < -0.4 is 10.0 Å². The summed E-state index contributed by atoms with van der Waals surface area (Å²) in [5.41, 5.74) is -0.442. The Kier molecular flexibility index (Phi) is 5.83. The summed E-state index contributed by atoms with van der Waals surface area (Å²) in [5, 5.41) is 2.31. The SMILES string of the molecule is CC(C)(C)S(=O)(=O)NC1CCC(C(=O)Nc2c(F)cccc2F)CC1. The molecule has 1 aliphatic rings. The fourth-order valence-corrected chi connectivity index (χ4v) is 3.74. The molecule has 0 atom stereocenters. The Morgan fingerprint density at radius 1 is 1.08 bits per heavy atom. The molecule has 1 fully saturated rings. The Labute approximate surface area is 147 Å². The molecule has 2 rings (SSSR count). The molecule has 1 aromatic rings. The summed E-state index contributed by atoms with van der Waals surface area (Å²) in [6.45, 7) is 4.87. The summed E-state index contributed by atoms with van der Waals surface area (Å²) in [6, 6.07) is 3.17. The number of amides is 1. The molecule has 5 nitrogen and oxygen atoms in total. The number of anilines is 1. The summed E-state index contributed by atoms with van der Waals surface area (Å²) in [7, 11) is -3.44. The third-order valence-corrected chi connectivity index (χ3v) is 6.69. The first-order valence-corrected chi connectivity index (χ1v) is 9.76. The second-order valence-corrected chi connectivity index (χ2v) is 9.84. The topological polar surface area (TPSA) is 75.3 Å². The number of para-hydroxylation sites is 1. The van der Waals surface area contributed by atoms with E-state index in [1.807, 2.05) is 0 Å². The van der Waals surface area contributed by atoms with E-state index in [0.717, 1.165) is 12.1 Å². The highest BCUT2D eigenvalue weighted by Crippen LogP contribution is 2.28. The molecule has 2 N–H and O–H groups in total. The highest BCUT2D eigenvalue weighted by atomic mass is 32.2. The summed E-state index contributed by atoms with van der Waals surface area (Å²) in [4.78, 5) is 12.2. The van der Waals surface area contributed by atoms with Gasteiger partial charge >= 0.3 is 0 Å². The molecule has 8 heteroatoms. The fraction of sp³-hybridized carbons (Fsp3) is 0.588. The predicted octanol–water partition coefficient (Wildman–Crippen LogP) is 3.18. The van der Waals surface area contributed by atoms with E-state index in [0.29, 0.717) is 25.7 Å². The molecule has 0 unspecified atom stereocenters. The minimum atomic E-state index is -3.44. The molecular weight excluding hydrogens is 350 g/mol. The van der Waals surface area contributed by atoms with Crippen molar-refractivity contribution in [2.75, 3.05) is 5.32 Å². The van der Waals surface area contributed by atoms with Crippen LogP contribution in [0.1, 0.15) is 46.5 Å². The molecule has 25 heavy (non-hydrogen) atoms. The Balaban J connectivity index is 1.93. The van der Waals surface area contributed by atoms with Crippen LogP contribution in [-0.2, 0) is 14.8 Å². The first kappa shape index (κ1) is 19.8. The minimum absolute atomic E-state index is 0.224. The Bertz CT molecular complexity index is 717. The third kappa shape index (κ3) is 4.76. The van der Waals surface area contributed by atoms with Gasteiger partial charge in [-0.2, -0.15) is 0 Å². The number of hydrogen-bond donors (Lipinski definition) is 2. The van der Waals surface area contributed by atoms with Gasteiger partial charge in [0.2, 0.25) is 15.9 Å². The first-order valence-electron chi connectivity index (χ1n) is 8.28. The van der Waals surface area contributed by atoms with E-state index in [4.69, 9.17) is 0 Å². The van der Waals surface area contributed by atoms with Crippen LogP contribution >= 0.6 is 0 Å². The molecule has 0 bridgehead atoms. The van der Waals surface area contributed by atoms with E-state index in [2.05, 4.69) is 10.0 Å². The van der Waals surface area contributed by atoms with Crippen molar-refractivity contribution in [1.82, 2.24) is 4.72 Å². The average Bonchev–Trinajstić information content (AvgIpc) is 2.50. The molecular formula is C17H24F2N2O3S. The van der Waals surface area contributed by atoms with Crippen LogP contribution in [0, 0.1) is 17.6 Å². The van der Waals surface area contributed by atoms with Crippen LogP contribution in [0.3, 0.4) is 0 Å². The molecule has 0 heterocycles. The van der Waals surface area contributed by atoms with Gasteiger partial charge in [-0.1, -0.05) is 6.07 Å². The van der Waals surface area contributed by atoms with Gasteiger partial charge in [-0.05, 0) is 58.6 Å². The molecule has 0 aliphatic heterocycles. The number of rotatable bonds is 4. The van der Waals surface area contributed by atoms with Crippen molar-refractivity contribution in [2.45, 2.75) is 57.2 Å². The van der Waals surface area contributed by atoms with E-state index in [-0.39, 0.29) is 6.04 Å². The lowest BCUT2D eigenvalue weighted by atomic mass is 9.86. The van der Waals surface area contributed by atoms with Gasteiger partial charge in [0, 0.05) is 12.0 Å². The summed E-state index contributed by atoms with van der Waals surface area (Å²) in [6.07, 6.45) is 1.93. The molecule has 1 saturated carbocycles. The number of nitrogens with one attached hydrogen (secondary N) is 2. The van der Waals surface area contributed by atoms with E-state index in [1.54, 1.807) is 20.8 Å².